The number of hydrogen-bond donors (Lipinski definition) is 1. The Morgan fingerprint density at radius 3 is 2.11 bits per heavy atom. The van der Waals surface area contributed by atoms with Crippen molar-refractivity contribution in [2.24, 2.45) is 0 Å². The molecule has 1 fully saturated rings. The van der Waals surface area contributed by atoms with Crippen LogP contribution in [0.4, 0.5) is 11.5 Å². The highest BCUT2D eigenvalue weighted by Crippen LogP contribution is 2.21. The van der Waals surface area contributed by atoms with Crippen molar-refractivity contribution < 1.29 is 21.6 Å². The predicted molar refractivity (Wildman–Crippen MR) is 131 cm³/mol. The molecule has 1 N–H and O–H groups in total. The lowest BCUT2D eigenvalue weighted by molar-refractivity contribution is -0.128. The Morgan fingerprint density at radius 1 is 0.886 bits per heavy atom. The molecule has 0 unspecified atom stereocenters. The highest BCUT2D eigenvalue weighted by molar-refractivity contribution is 7.92. The molecule has 1 amide bonds. The van der Waals surface area contributed by atoms with Crippen LogP contribution in [0.2, 0.25) is 0 Å². The van der Waals surface area contributed by atoms with Gasteiger partial charge in [-0.15, -0.1) is 0 Å². The molecule has 4 rings (SSSR count). The third kappa shape index (κ3) is 5.95. The summed E-state index contributed by atoms with van der Waals surface area (Å²) in [4.78, 5) is 24.1. The van der Waals surface area contributed by atoms with Gasteiger partial charge in [-0.1, -0.05) is 17.7 Å². The molecule has 184 valence electrons. The SMILES string of the molecule is Cc1ccc(S(=O)(=O)CC(=O)N2CCN(c3ccc(S(=O)(=O)Nc4ccncn4)cc3)CC2)cc1. The molecule has 1 aliphatic rings. The zero-order valence-electron chi connectivity index (χ0n) is 19.0. The van der Waals surface area contributed by atoms with E-state index in [1.54, 1.807) is 29.2 Å². The molecule has 0 saturated carbocycles. The maximum absolute atomic E-state index is 12.6. The van der Waals surface area contributed by atoms with E-state index in [0.29, 0.717) is 26.2 Å². The number of benzene rings is 2. The topological polar surface area (TPSA) is 130 Å². The van der Waals surface area contributed by atoms with Gasteiger partial charge in [0.05, 0.1) is 9.79 Å². The average Bonchev–Trinajstić information content (AvgIpc) is 2.84. The molecule has 1 aliphatic heterocycles. The number of nitrogens with zero attached hydrogens (tertiary/aromatic N) is 4. The molecular formula is C23H25N5O5S2. The summed E-state index contributed by atoms with van der Waals surface area (Å²) in [5.41, 5.74) is 1.75. The van der Waals surface area contributed by atoms with Gasteiger partial charge in [0, 0.05) is 38.1 Å². The summed E-state index contributed by atoms with van der Waals surface area (Å²) in [5, 5.41) is 0. The number of aromatic nitrogens is 2. The Bertz CT molecular complexity index is 1390. The highest BCUT2D eigenvalue weighted by Gasteiger charge is 2.27. The van der Waals surface area contributed by atoms with Crippen molar-refractivity contribution in [1.82, 2.24) is 14.9 Å². The third-order valence-electron chi connectivity index (χ3n) is 5.66. The molecular weight excluding hydrogens is 490 g/mol. The summed E-state index contributed by atoms with van der Waals surface area (Å²) in [7, 11) is -7.50. The number of aryl methyl sites for hydroxylation is 1. The normalized spacial score (nSPS) is 14.5. The zero-order chi connectivity index (χ0) is 25.1. The van der Waals surface area contributed by atoms with Crippen LogP contribution in [0.5, 0.6) is 0 Å². The summed E-state index contributed by atoms with van der Waals surface area (Å²) in [6.07, 6.45) is 2.69. The first-order valence-electron chi connectivity index (χ1n) is 10.9. The average molecular weight is 516 g/mol. The Labute approximate surface area is 204 Å². The van der Waals surface area contributed by atoms with Crippen LogP contribution in [-0.4, -0.2) is 69.5 Å². The molecule has 0 bridgehead atoms. The standard InChI is InChI=1S/C23H25N5O5S2/c1-18-2-6-20(7-3-18)34(30,31)16-23(29)28-14-12-27(13-15-28)19-4-8-21(9-5-19)35(32,33)26-22-10-11-24-17-25-22/h2-11,17H,12-16H2,1H3,(H,24,25,26). The number of nitrogens with one attached hydrogen (secondary N) is 1. The monoisotopic (exact) mass is 515 g/mol. The van der Waals surface area contributed by atoms with E-state index in [2.05, 4.69) is 14.7 Å². The molecule has 35 heavy (non-hydrogen) atoms. The van der Waals surface area contributed by atoms with Crippen LogP contribution >= 0.6 is 0 Å². The van der Waals surface area contributed by atoms with Crippen molar-refractivity contribution in [2.45, 2.75) is 16.7 Å². The first-order valence-corrected chi connectivity index (χ1v) is 14.0. The zero-order valence-corrected chi connectivity index (χ0v) is 20.7. The fraction of sp³-hybridized carbons (Fsp3) is 0.261. The summed E-state index contributed by atoms with van der Waals surface area (Å²) < 4.78 is 52.7. The Balaban J connectivity index is 1.34. The number of carbonyl (C=O) groups excluding carboxylic acids is 1. The third-order valence-corrected chi connectivity index (χ3v) is 8.65. The predicted octanol–water partition coefficient (Wildman–Crippen LogP) is 1.71. The van der Waals surface area contributed by atoms with Gasteiger partial charge in [-0.25, -0.2) is 26.8 Å². The van der Waals surface area contributed by atoms with Gasteiger partial charge in [-0.05, 0) is 49.4 Å². The highest BCUT2D eigenvalue weighted by atomic mass is 32.2. The minimum Gasteiger partial charge on any atom is -0.368 e. The van der Waals surface area contributed by atoms with Crippen molar-refractivity contribution in [1.29, 1.82) is 0 Å². The number of amides is 1. The first-order chi connectivity index (χ1) is 16.6. The van der Waals surface area contributed by atoms with Gasteiger partial charge in [0.15, 0.2) is 9.84 Å². The van der Waals surface area contributed by atoms with E-state index in [4.69, 9.17) is 0 Å². The molecule has 1 aromatic heterocycles. The summed E-state index contributed by atoms with van der Waals surface area (Å²) in [6, 6.07) is 14.3. The van der Waals surface area contributed by atoms with Crippen molar-refractivity contribution in [3.8, 4) is 0 Å². The molecule has 2 heterocycles. The lowest BCUT2D eigenvalue weighted by Gasteiger charge is -2.36. The van der Waals surface area contributed by atoms with E-state index in [-0.39, 0.29) is 15.6 Å². The number of carbonyl (C=O) groups is 1. The van der Waals surface area contributed by atoms with Crippen LogP contribution < -0.4 is 9.62 Å². The number of hydrogen-bond acceptors (Lipinski definition) is 8. The maximum Gasteiger partial charge on any atom is 0.263 e. The lowest BCUT2D eigenvalue weighted by atomic mass is 10.2. The molecule has 10 nitrogen and oxygen atoms in total. The number of sulfonamides is 1. The van der Waals surface area contributed by atoms with E-state index in [0.717, 1.165) is 11.3 Å². The Morgan fingerprint density at radius 2 is 1.51 bits per heavy atom. The number of piperazine rings is 1. The van der Waals surface area contributed by atoms with Gasteiger partial charge < -0.3 is 9.80 Å². The van der Waals surface area contributed by atoms with Gasteiger partial charge in [-0.2, -0.15) is 0 Å². The van der Waals surface area contributed by atoms with E-state index in [1.807, 2.05) is 11.8 Å². The number of sulfone groups is 1. The van der Waals surface area contributed by atoms with E-state index < -0.39 is 31.5 Å². The van der Waals surface area contributed by atoms with Crippen LogP contribution in [-0.2, 0) is 24.7 Å². The second-order valence-corrected chi connectivity index (χ2v) is 11.8. The van der Waals surface area contributed by atoms with Crippen molar-refractivity contribution in [3.05, 3.63) is 72.7 Å². The van der Waals surface area contributed by atoms with E-state index in [9.17, 15) is 21.6 Å². The molecule has 0 spiro atoms. The Hall–Kier alpha value is -3.51. The second kappa shape index (κ2) is 10.0. The fourth-order valence-corrected chi connectivity index (χ4v) is 5.91. The largest absolute Gasteiger partial charge is 0.368 e. The lowest BCUT2D eigenvalue weighted by Crippen LogP contribution is -2.50. The minimum absolute atomic E-state index is 0.0926. The van der Waals surface area contributed by atoms with Crippen molar-refractivity contribution >= 4 is 37.3 Å². The van der Waals surface area contributed by atoms with E-state index in [1.165, 1.54) is 42.9 Å². The molecule has 1 saturated heterocycles. The van der Waals surface area contributed by atoms with Gasteiger partial charge in [0.25, 0.3) is 10.0 Å². The van der Waals surface area contributed by atoms with Gasteiger partial charge in [0.2, 0.25) is 5.91 Å². The minimum atomic E-state index is -3.79. The van der Waals surface area contributed by atoms with Gasteiger partial charge in [-0.3, -0.25) is 9.52 Å². The fourth-order valence-electron chi connectivity index (χ4n) is 3.68. The first kappa shape index (κ1) is 24.6. The summed E-state index contributed by atoms with van der Waals surface area (Å²) in [5.74, 6) is -0.821. The Kier molecular flexibility index (Phi) is 7.03. The van der Waals surface area contributed by atoms with Crippen LogP contribution in [0.25, 0.3) is 0 Å². The molecule has 0 radical (unpaired) electrons. The van der Waals surface area contributed by atoms with Crippen LogP contribution in [0, 0.1) is 6.92 Å². The van der Waals surface area contributed by atoms with Crippen LogP contribution in [0.1, 0.15) is 5.56 Å². The van der Waals surface area contributed by atoms with Crippen molar-refractivity contribution in [2.75, 3.05) is 41.6 Å². The van der Waals surface area contributed by atoms with Gasteiger partial charge >= 0.3 is 0 Å². The summed E-state index contributed by atoms with van der Waals surface area (Å²) >= 11 is 0. The molecule has 0 atom stereocenters. The van der Waals surface area contributed by atoms with Gasteiger partial charge in [0.1, 0.15) is 17.9 Å². The maximum atomic E-state index is 12.6. The molecule has 2 aromatic carbocycles. The second-order valence-electron chi connectivity index (χ2n) is 8.13. The molecule has 3 aromatic rings. The number of rotatable bonds is 7. The van der Waals surface area contributed by atoms with E-state index >= 15 is 0 Å². The van der Waals surface area contributed by atoms with Crippen LogP contribution in [0.3, 0.4) is 0 Å². The quantitative estimate of drug-likeness (QED) is 0.503. The number of anilines is 2. The molecule has 12 heteroatoms. The summed E-state index contributed by atoms with van der Waals surface area (Å²) in [6.45, 7) is 3.61. The smallest absolute Gasteiger partial charge is 0.263 e. The van der Waals surface area contributed by atoms with Crippen LogP contribution in [0.15, 0.2) is 76.9 Å². The molecule has 0 aliphatic carbocycles. The van der Waals surface area contributed by atoms with Crippen molar-refractivity contribution in [3.63, 3.8) is 0 Å².